The third-order valence-electron chi connectivity index (χ3n) is 3.79. The molecular formula is C17H14N6O2. The van der Waals surface area contributed by atoms with Gasteiger partial charge >= 0.3 is 0 Å². The van der Waals surface area contributed by atoms with Crippen LogP contribution in [0.15, 0.2) is 58.2 Å². The summed E-state index contributed by atoms with van der Waals surface area (Å²) in [5, 5.41) is 12.3. The van der Waals surface area contributed by atoms with Gasteiger partial charge in [-0.05, 0) is 30.7 Å². The highest BCUT2D eigenvalue weighted by molar-refractivity contribution is 5.76. The van der Waals surface area contributed by atoms with Gasteiger partial charge in [0.25, 0.3) is 5.56 Å². The largest absolute Gasteiger partial charge is 0.339 e. The molecule has 4 aromatic rings. The highest BCUT2D eigenvalue weighted by Crippen LogP contribution is 2.12. The zero-order valence-corrected chi connectivity index (χ0v) is 13.2. The van der Waals surface area contributed by atoms with Crippen molar-refractivity contribution in [2.75, 3.05) is 0 Å². The van der Waals surface area contributed by atoms with E-state index in [1.807, 2.05) is 18.2 Å². The Morgan fingerprint density at radius 2 is 2.04 bits per heavy atom. The SMILES string of the molecule is O=c1c2ccccc2ncn1CCCc1nc(-c2cccnn2)no1. The Labute approximate surface area is 142 Å². The molecule has 0 bridgehead atoms. The molecule has 124 valence electrons. The third kappa shape index (κ3) is 3.14. The molecule has 8 heteroatoms. The molecule has 0 spiro atoms. The Kier molecular flexibility index (Phi) is 3.99. The second-order valence-corrected chi connectivity index (χ2v) is 5.48. The lowest BCUT2D eigenvalue weighted by Gasteiger charge is -2.05. The number of rotatable bonds is 5. The van der Waals surface area contributed by atoms with Crippen molar-refractivity contribution in [2.24, 2.45) is 0 Å². The molecule has 0 unspecified atom stereocenters. The van der Waals surface area contributed by atoms with Crippen LogP contribution < -0.4 is 5.56 Å². The lowest BCUT2D eigenvalue weighted by Crippen LogP contribution is -2.20. The number of para-hydroxylation sites is 1. The van der Waals surface area contributed by atoms with Crippen LogP contribution in [0.4, 0.5) is 0 Å². The highest BCUT2D eigenvalue weighted by atomic mass is 16.5. The Morgan fingerprint density at radius 1 is 1.12 bits per heavy atom. The van der Waals surface area contributed by atoms with E-state index in [1.54, 1.807) is 35.3 Å². The molecule has 0 saturated heterocycles. The van der Waals surface area contributed by atoms with Crippen LogP contribution in [0.3, 0.4) is 0 Å². The Morgan fingerprint density at radius 3 is 2.92 bits per heavy atom. The highest BCUT2D eigenvalue weighted by Gasteiger charge is 2.10. The van der Waals surface area contributed by atoms with Gasteiger partial charge in [-0.1, -0.05) is 17.3 Å². The zero-order valence-electron chi connectivity index (χ0n) is 13.2. The quantitative estimate of drug-likeness (QED) is 0.549. The first-order chi connectivity index (χ1) is 12.3. The van der Waals surface area contributed by atoms with Crippen LogP contribution in [-0.4, -0.2) is 29.9 Å². The van der Waals surface area contributed by atoms with E-state index >= 15 is 0 Å². The maximum Gasteiger partial charge on any atom is 0.261 e. The van der Waals surface area contributed by atoms with Crippen LogP contribution in [0.25, 0.3) is 22.4 Å². The van der Waals surface area contributed by atoms with Gasteiger partial charge in [-0.3, -0.25) is 9.36 Å². The average molecular weight is 334 g/mol. The number of hydrogen-bond acceptors (Lipinski definition) is 7. The average Bonchev–Trinajstić information content (AvgIpc) is 3.13. The minimum absolute atomic E-state index is 0.0450. The molecule has 0 radical (unpaired) electrons. The predicted octanol–water partition coefficient (Wildman–Crippen LogP) is 1.87. The molecule has 1 aromatic carbocycles. The molecular weight excluding hydrogens is 320 g/mol. The molecule has 4 rings (SSSR count). The van der Waals surface area contributed by atoms with Crippen LogP contribution in [0.2, 0.25) is 0 Å². The summed E-state index contributed by atoms with van der Waals surface area (Å²) in [4.78, 5) is 21.0. The fourth-order valence-electron chi connectivity index (χ4n) is 2.55. The molecule has 8 nitrogen and oxygen atoms in total. The van der Waals surface area contributed by atoms with Gasteiger partial charge in [0.15, 0.2) is 0 Å². The maximum atomic E-state index is 12.4. The van der Waals surface area contributed by atoms with Crippen LogP contribution >= 0.6 is 0 Å². The summed E-state index contributed by atoms with van der Waals surface area (Å²) >= 11 is 0. The summed E-state index contributed by atoms with van der Waals surface area (Å²) in [7, 11) is 0. The topological polar surface area (TPSA) is 99.6 Å². The van der Waals surface area contributed by atoms with E-state index in [2.05, 4.69) is 25.3 Å². The molecule has 0 fully saturated rings. The standard InChI is InChI=1S/C17H14N6O2/c24-17-12-5-1-2-6-13(12)18-11-23(17)10-4-8-15-20-16(22-25-15)14-7-3-9-19-21-14/h1-3,5-7,9,11H,4,8,10H2. The fraction of sp³-hybridized carbons (Fsp3) is 0.176. The van der Waals surface area contributed by atoms with Crippen LogP contribution in [0, 0.1) is 0 Å². The fourth-order valence-corrected chi connectivity index (χ4v) is 2.55. The summed E-state index contributed by atoms with van der Waals surface area (Å²) < 4.78 is 6.83. The van der Waals surface area contributed by atoms with Gasteiger partial charge in [-0.25, -0.2) is 4.98 Å². The first-order valence-corrected chi connectivity index (χ1v) is 7.86. The van der Waals surface area contributed by atoms with Gasteiger partial charge < -0.3 is 4.52 Å². The summed E-state index contributed by atoms with van der Waals surface area (Å²) in [6.07, 6.45) is 4.40. The van der Waals surface area contributed by atoms with Crippen LogP contribution in [0.5, 0.6) is 0 Å². The van der Waals surface area contributed by atoms with E-state index in [0.29, 0.717) is 47.7 Å². The van der Waals surface area contributed by atoms with Gasteiger partial charge in [0.05, 0.1) is 17.2 Å². The summed E-state index contributed by atoms with van der Waals surface area (Å²) in [6, 6.07) is 10.8. The minimum atomic E-state index is -0.0450. The van der Waals surface area contributed by atoms with E-state index in [1.165, 1.54) is 0 Å². The lowest BCUT2D eigenvalue weighted by atomic mass is 10.2. The van der Waals surface area contributed by atoms with Gasteiger partial charge in [-0.15, -0.1) is 5.10 Å². The first kappa shape index (κ1) is 15.1. The lowest BCUT2D eigenvalue weighted by molar-refractivity contribution is 0.372. The number of aryl methyl sites for hydroxylation is 2. The first-order valence-electron chi connectivity index (χ1n) is 7.86. The molecule has 0 saturated carbocycles. The molecule has 0 aliphatic carbocycles. The van der Waals surface area contributed by atoms with Gasteiger partial charge in [-0.2, -0.15) is 10.1 Å². The van der Waals surface area contributed by atoms with Crippen molar-refractivity contribution in [1.82, 2.24) is 29.9 Å². The molecule has 0 aliphatic heterocycles. The van der Waals surface area contributed by atoms with Crippen molar-refractivity contribution < 1.29 is 4.52 Å². The van der Waals surface area contributed by atoms with Crippen LogP contribution in [0.1, 0.15) is 12.3 Å². The van der Waals surface area contributed by atoms with Gasteiger partial charge in [0, 0.05) is 19.2 Å². The second kappa shape index (κ2) is 6.60. The number of nitrogens with zero attached hydrogens (tertiary/aromatic N) is 6. The third-order valence-corrected chi connectivity index (χ3v) is 3.79. The van der Waals surface area contributed by atoms with Crippen molar-refractivity contribution in [2.45, 2.75) is 19.4 Å². The number of hydrogen-bond donors (Lipinski definition) is 0. The van der Waals surface area contributed by atoms with Gasteiger partial charge in [0.1, 0.15) is 5.69 Å². The van der Waals surface area contributed by atoms with Crippen molar-refractivity contribution in [1.29, 1.82) is 0 Å². The Hall–Kier alpha value is -3.42. The number of benzene rings is 1. The minimum Gasteiger partial charge on any atom is -0.339 e. The van der Waals surface area contributed by atoms with Crippen molar-refractivity contribution in [3.8, 4) is 11.5 Å². The molecule has 0 atom stereocenters. The van der Waals surface area contributed by atoms with E-state index in [9.17, 15) is 4.79 Å². The zero-order chi connectivity index (χ0) is 17.1. The Bertz CT molecular complexity index is 1060. The monoisotopic (exact) mass is 334 g/mol. The number of fused-ring (bicyclic) bond motifs is 1. The summed E-state index contributed by atoms with van der Waals surface area (Å²) in [5.74, 6) is 0.912. The molecule has 0 amide bonds. The second-order valence-electron chi connectivity index (χ2n) is 5.48. The predicted molar refractivity (Wildman–Crippen MR) is 89.6 cm³/mol. The molecule has 3 heterocycles. The normalized spacial score (nSPS) is 11.0. The summed E-state index contributed by atoms with van der Waals surface area (Å²) in [5.41, 5.74) is 1.22. The Balaban J connectivity index is 1.44. The van der Waals surface area contributed by atoms with E-state index in [4.69, 9.17) is 4.52 Å². The molecule has 25 heavy (non-hydrogen) atoms. The van der Waals surface area contributed by atoms with Gasteiger partial charge in [0.2, 0.25) is 11.7 Å². The van der Waals surface area contributed by atoms with Crippen LogP contribution in [-0.2, 0) is 13.0 Å². The molecule has 3 aromatic heterocycles. The maximum absolute atomic E-state index is 12.4. The van der Waals surface area contributed by atoms with E-state index in [0.717, 1.165) is 0 Å². The number of aromatic nitrogens is 6. The molecule has 0 aliphatic rings. The van der Waals surface area contributed by atoms with Crippen molar-refractivity contribution in [3.63, 3.8) is 0 Å². The van der Waals surface area contributed by atoms with Crippen molar-refractivity contribution in [3.05, 3.63) is 65.2 Å². The molecule has 0 N–H and O–H groups in total. The van der Waals surface area contributed by atoms with Crippen molar-refractivity contribution >= 4 is 10.9 Å². The smallest absolute Gasteiger partial charge is 0.261 e. The summed E-state index contributed by atoms with van der Waals surface area (Å²) in [6.45, 7) is 0.527. The van der Waals surface area contributed by atoms with E-state index < -0.39 is 0 Å². The van der Waals surface area contributed by atoms with E-state index in [-0.39, 0.29) is 5.56 Å².